The second-order valence-corrected chi connectivity index (χ2v) is 6.50. The number of carbonyl (C=O) groups is 1. The monoisotopic (exact) mass is 349 g/mol. The standard InChI is InChI=1S/C18H24ClN3O2/c1-14(2)13-24-9-5-8-20-18(23)16-10-21-22(12-16)11-15-6-3-4-7-17(15)19/h3-4,6-7,10,12,14H,5,8-9,11,13H2,1-2H3,(H,20,23). The molecule has 0 atom stereocenters. The summed E-state index contributed by atoms with van der Waals surface area (Å²) in [7, 11) is 0. The van der Waals surface area contributed by atoms with Gasteiger partial charge in [-0.15, -0.1) is 0 Å². The molecule has 0 radical (unpaired) electrons. The van der Waals surface area contributed by atoms with Crippen molar-refractivity contribution in [2.45, 2.75) is 26.8 Å². The molecule has 0 saturated carbocycles. The van der Waals surface area contributed by atoms with Crippen LogP contribution in [0.5, 0.6) is 0 Å². The molecule has 1 aromatic carbocycles. The maximum Gasteiger partial charge on any atom is 0.254 e. The number of nitrogens with zero attached hydrogens (tertiary/aromatic N) is 2. The number of aromatic nitrogens is 2. The van der Waals surface area contributed by atoms with Gasteiger partial charge in [0.15, 0.2) is 0 Å². The first-order chi connectivity index (χ1) is 11.6. The lowest BCUT2D eigenvalue weighted by Gasteiger charge is -2.07. The zero-order valence-electron chi connectivity index (χ0n) is 14.2. The third-order valence-electron chi connectivity index (χ3n) is 3.39. The van der Waals surface area contributed by atoms with Gasteiger partial charge in [0.1, 0.15) is 0 Å². The van der Waals surface area contributed by atoms with Gasteiger partial charge in [-0.1, -0.05) is 43.6 Å². The Kier molecular flexibility index (Phi) is 7.28. The predicted molar refractivity (Wildman–Crippen MR) is 95.4 cm³/mol. The molecule has 2 aromatic rings. The molecular weight excluding hydrogens is 326 g/mol. The molecule has 0 aliphatic carbocycles. The van der Waals surface area contributed by atoms with E-state index in [2.05, 4.69) is 24.3 Å². The first kappa shape index (κ1) is 18.5. The minimum Gasteiger partial charge on any atom is -0.381 e. The van der Waals surface area contributed by atoms with Gasteiger partial charge in [-0.3, -0.25) is 9.48 Å². The molecule has 6 heteroatoms. The summed E-state index contributed by atoms with van der Waals surface area (Å²) >= 11 is 6.14. The smallest absolute Gasteiger partial charge is 0.254 e. The van der Waals surface area contributed by atoms with Crippen molar-refractivity contribution in [2.75, 3.05) is 19.8 Å². The number of amides is 1. The van der Waals surface area contributed by atoms with Crippen LogP contribution in [0.4, 0.5) is 0 Å². The van der Waals surface area contributed by atoms with Gasteiger partial charge in [0.2, 0.25) is 0 Å². The van der Waals surface area contributed by atoms with Crippen molar-refractivity contribution >= 4 is 17.5 Å². The third-order valence-corrected chi connectivity index (χ3v) is 3.76. The van der Waals surface area contributed by atoms with Gasteiger partial charge in [0.25, 0.3) is 5.91 Å². The summed E-state index contributed by atoms with van der Waals surface area (Å²) < 4.78 is 7.19. The summed E-state index contributed by atoms with van der Waals surface area (Å²) in [5.41, 5.74) is 1.52. The lowest BCUT2D eigenvalue weighted by Crippen LogP contribution is -2.25. The summed E-state index contributed by atoms with van der Waals surface area (Å²) in [6, 6.07) is 7.61. The summed E-state index contributed by atoms with van der Waals surface area (Å²) in [5.74, 6) is 0.410. The molecule has 5 nitrogen and oxygen atoms in total. The SMILES string of the molecule is CC(C)COCCCNC(=O)c1cnn(Cc2ccccc2Cl)c1. The van der Waals surface area contributed by atoms with E-state index in [1.807, 2.05) is 24.3 Å². The molecule has 0 fully saturated rings. The molecule has 0 aliphatic rings. The number of hydrogen-bond donors (Lipinski definition) is 1. The van der Waals surface area contributed by atoms with E-state index in [0.29, 0.717) is 36.2 Å². The Morgan fingerprint density at radius 2 is 2.17 bits per heavy atom. The molecule has 1 aromatic heterocycles. The van der Waals surface area contributed by atoms with Crippen molar-refractivity contribution in [3.05, 3.63) is 52.8 Å². The van der Waals surface area contributed by atoms with E-state index in [-0.39, 0.29) is 5.91 Å². The average molecular weight is 350 g/mol. The van der Waals surface area contributed by atoms with Gasteiger partial charge in [-0.25, -0.2) is 0 Å². The maximum absolute atomic E-state index is 12.1. The molecule has 0 unspecified atom stereocenters. The normalized spacial score (nSPS) is 11.0. The molecule has 0 bridgehead atoms. The van der Waals surface area contributed by atoms with Crippen LogP contribution in [-0.4, -0.2) is 35.4 Å². The van der Waals surface area contributed by atoms with E-state index in [1.54, 1.807) is 17.1 Å². The maximum atomic E-state index is 12.1. The van der Waals surface area contributed by atoms with Gasteiger partial charge < -0.3 is 10.1 Å². The second kappa shape index (κ2) is 9.45. The van der Waals surface area contributed by atoms with E-state index < -0.39 is 0 Å². The quantitative estimate of drug-likeness (QED) is 0.706. The molecule has 0 aliphatic heterocycles. The predicted octanol–water partition coefficient (Wildman–Crippen LogP) is 3.38. The van der Waals surface area contributed by atoms with Crippen LogP contribution >= 0.6 is 11.6 Å². The highest BCUT2D eigenvalue weighted by Gasteiger charge is 2.09. The Hall–Kier alpha value is -1.85. The number of hydrogen-bond acceptors (Lipinski definition) is 3. The molecule has 2 rings (SSSR count). The van der Waals surface area contributed by atoms with Crippen LogP contribution in [0.25, 0.3) is 0 Å². The topological polar surface area (TPSA) is 56.1 Å². The van der Waals surface area contributed by atoms with Crippen LogP contribution < -0.4 is 5.32 Å². The highest BCUT2D eigenvalue weighted by Crippen LogP contribution is 2.16. The number of ether oxygens (including phenoxy) is 1. The van der Waals surface area contributed by atoms with E-state index in [4.69, 9.17) is 16.3 Å². The Bertz CT molecular complexity index is 655. The fourth-order valence-corrected chi connectivity index (χ4v) is 2.36. The molecule has 1 N–H and O–H groups in total. The molecule has 0 saturated heterocycles. The first-order valence-corrected chi connectivity index (χ1v) is 8.56. The largest absolute Gasteiger partial charge is 0.381 e. The van der Waals surface area contributed by atoms with Gasteiger partial charge in [0, 0.05) is 31.0 Å². The number of halogens is 1. The lowest BCUT2D eigenvalue weighted by molar-refractivity contribution is 0.0925. The molecule has 24 heavy (non-hydrogen) atoms. The van der Waals surface area contributed by atoms with Crippen LogP contribution in [0, 0.1) is 5.92 Å². The van der Waals surface area contributed by atoms with Crippen molar-refractivity contribution in [1.82, 2.24) is 15.1 Å². The number of benzene rings is 1. The van der Waals surface area contributed by atoms with Crippen LogP contribution in [0.3, 0.4) is 0 Å². The Morgan fingerprint density at radius 3 is 2.92 bits per heavy atom. The van der Waals surface area contributed by atoms with E-state index in [9.17, 15) is 4.79 Å². The summed E-state index contributed by atoms with van der Waals surface area (Å²) in [5, 5.41) is 7.80. The van der Waals surface area contributed by atoms with Gasteiger partial charge in [-0.2, -0.15) is 5.10 Å². The Morgan fingerprint density at radius 1 is 1.38 bits per heavy atom. The second-order valence-electron chi connectivity index (χ2n) is 6.10. The van der Waals surface area contributed by atoms with Crippen LogP contribution in [0.1, 0.15) is 36.2 Å². The average Bonchev–Trinajstić information content (AvgIpc) is 3.01. The summed E-state index contributed by atoms with van der Waals surface area (Å²) in [4.78, 5) is 12.1. The molecule has 130 valence electrons. The molecule has 1 amide bonds. The van der Waals surface area contributed by atoms with Gasteiger partial charge in [-0.05, 0) is 24.0 Å². The van der Waals surface area contributed by atoms with Crippen molar-refractivity contribution in [3.63, 3.8) is 0 Å². The van der Waals surface area contributed by atoms with Gasteiger partial charge >= 0.3 is 0 Å². The molecular formula is C18H24ClN3O2. The number of carbonyl (C=O) groups excluding carboxylic acids is 1. The molecule has 1 heterocycles. The van der Waals surface area contributed by atoms with Gasteiger partial charge in [0.05, 0.1) is 18.3 Å². The van der Waals surface area contributed by atoms with Crippen LogP contribution in [0.2, 0.25) is 5.02 Å². The first-order valence-electron chi connectivity index (χ1n) is 8.18. The number of nitrogens with one attached hydrogen (secondary N) is 1. The van der Waals surface area contributed by atoms with Crippen LogP contribution in [0.15, 0.2) is 36.7 Å². The minimum atomic E-state index is -0.121. The van der Waals surface area contributed by atoms with E-state index >= 15 is 0 Å². The van der Waals surface area contributed by atoms with Crippen molar-refractivity contribution in [3.8, 4) is 0 Å². The number of rotatable bonds is 9. The fraction of sp³-hybridized carbons (Fsp3) is 0.444. The van der Waals surface area contributed by atoms with E-state index in [1.165, 1.54) is 0 Å². The summed E-state index contributed by atoms with van der Waals surface area (Å²) in [6.45, 7) is 6.76. The molecule has 0 spiro atoms. The zero-order valence-corrected chi connectivity index (χ0v) is 14.9. The minimum absolute atomic E-state index is 0.121. The van der Waals surface area contributed by atoms with Crippen molar-refractivity contribution < 1.29 is 9.53 Å². The Labute approximate surface area is 148 Å². The van der Waals surface area contributed by atoms with Crippen molar-refractivity contribution in [1.29, 1.82) is 0 Å². The summed E-state index contributed by atoms with van der Waals surface area (Å²) in [6.07, 6.45) is 4.10. The van der Waals surface area contributed by atoms with E-state index in [0.717, 1.165) is 18.6 Å². The lowest BCUT2D eigenvalue weighted by atomic mass is 10.2. The van der Waals surface area contributed by atoms with Crippen LogP contribution in [-0.2, 0) is 11.3 Å². The fourth-order valence-electron chi connectivity index (χ4n) is 2.17. The third kappa shape index (κ3) is 5.98. The van der Waals surface area contributed by atoms with Crippen molar-refractivity contribution in [2.24, 2.45) is 5.92 Å². The zero-order chi connectivity index (χ0) is 17.4. The Balaban J connectivity index is 1.76. The highest BCUT2D eigenvalue weighted by atomic mass is 35.5. The highest BCUT2D eigenvalue weighted by molar-refractivity contribution is 6.31.